The topological polar surface area (TPSA) is 102 Å². The van der Waals surface area contributed by atoms with Crippen LogP contribution in [0, 0.1) is 0 Å². The lowest BCUT2D eigenvalue weighted by atomic mass is 10.1. The van der Waals surface area contributed by atoms with Gasteiger partial charge in [-0.3, -0.25) is 14.3 Å². The van der Waals surface area contributed by atoms with Crippen LogP contribution in [0.2, 0.25) is 0 Å². The van der Waals surface area contributed by atoms with Gasteiger partial charge in [-0.2, -0.15) is 5.10 Å². The van der Waals surface area contributed by atoms with Crippen LogP contribution in [0.5, 0.6) is 0 Å². The van der Waals surface area contributed by atoms with Gasteiger partial charge in [0.1, 0.15) is 12.6 Å². The van der Waals surface area contributed by atoms with Gasteiger partial charge in [0.25, 0.3) is 0 Å². The van der Waals surface area contributed by atoms with Gasteiger partial charge in [-0.1, -0.05) is 0 Å². The predicted molar refractivity (Wildman–Crippen MR) is 60.8 cm³/mol. The Morgan fingerprint density at radius 1 is 1.71 bits per heavy atom. The van der Waals surface area contributed by atoms with E-state index in [2.05, 4.69) is 15.7 Å². The fourth-order valence-electron chi connectivity index (χ4n) is 1.76. The van der Waals surface area contributed by atoms with E-state index in [9.17, 15) is 9.59 Å². The molecule has 0 bridgehead atoms. The number of anilines is 1. The fourth-order valence-corrected chi connectivity index (χ4v) is 1.76. The van der Waals surface area contributed by atoms with E-state index in [-0.39, 0.29) is 18.4 Å². The number of piperidine rings is 1. The number of nitrogen functional groups attached to an aromatic ring is 1. The van der Waals surface area contributed by atoms with Crippen LogP contribution in [-0.2, 0) is 16.1 Å². The van der Waals surface area contributed by atoms with Crippen LogP contribution in [-0.4, -0.2) is 34.2 Å². The van der Waals surface area contributed by atoms with Gasteiger partial charge < -0.3 is 16.4 Å². The molecular weight excluding hydrogens is 222 g/mol. The highest BCUT2D eigenvalue weighted by atomic mass is 16.2. The summed E-state index contributed by atoms with van der Waals surface area (Å²) >= 11 is 0. The normalized spacial score (nSPS) is 19.8. The number of carbonyl (C=O) groups excluding carboxylic acids is 2. The molecule has 2 rings (SSSR count). The highest BCUT2D eigenvalue weighted by Crippen LogP contribution is 2.03. The van der Waals surface area contributed by atoms with Gasteiger partial charge in [0.2, 0.25) is 11.8 Å². The lowest BCUT2D eigenvalue weighted by molar-refractivity contribution is -0.130. The molecule has 0 radical (unpaired) electrons. The third kappa shape index (κ3) is 2.96. The van der Waals surface area contributed by atoms with Crippen molar-refractivity contribution in [3.63, 3.8) is 0 Å². The summed E-state index contributed by atoms with van der Waals surface area (Å²) < 4.78 is 1.44. The van der Waals surface area contributed by atoms with Crippen LogP contribution in [0.4, 0.5) is 5.69 Å². The fraction of sp³-hybridized carbons (Fsp3) is 0.500. The summed E-state index contributed by atoms with van der Waals surface area (Å²) in [5.74, 6) is -0.361. The van der Waals surface area contributed by atoms with Crippen molar-refractivity contribution in [2.45, 2.75) is 25.4 Å². The maximum atomic E-state index is 11.6. The van der Waals surface area contributed by atoms with E-state index < -0.39 is 6.04 Å². The van der Waals surface area contributed by atoms with Crippen LogP contribution < -0.4 is 16.4 Å². The summed E-state index contributed by atoms with van der Waals surface area (Å²) in [6.45, 7) is 0.752. The second-order valence-corrected chi connectivity index (χ2v) is 4.02. The number of amides is 2. The van der Waals surface area contributed by atoms with Crippen LogP contribution >= 0.6 is 0 Å². The molecular formula is C10H15N5O2. The Morgan fingerprint density at radius 3 is 3.18 bits per heavy atom. The molecule has 1 atom stereocenters. The van der Waals surface area contributed by atoms with E-state index in [0.29, 0.717) is 18.7 Å². The number of aromatic nitrogens is 2. The molecule has 1 unspecified atom stereocenters. The van der Waals surface area contributed by atoms with Gasteiger partial charge >= 0.3 is 0 Å². The number of nitrogens with one attached hydrogen (secondary N) is 2. The Hall–Kier alpha value is -2.05. The van der Waals surface area contributed by atoms with Crippen molar-refractivity contribution in [3.05, 3.63) is 12.4 Å². The van der Waals surface area contributed by atoms with Gasteiger partial charge in [-0.25, -0.2) is 0 Å². The van der Waals surface area contributed by atoms with Crippen molar-refractivity contribution >= 4 is 17.5 Å². The third-order valence-corrected chi connectivity index (χ3v) is 2.58. The van der Waals surface area contributed by atoms with Gasteiger partial charge in [-0.05, 0) is 12.8 Å². The first-order valence-electron chi connectivity index (χ1n) is 5.50. The summed E-state index contributed by atoms with van der Waals surface area (Å²) in [7, 11) is 0. The number of hydrogen-bond donors (Lipinski definition) is 3. The molecule has 1 aromatic heterocycles. The zero-order valence-electron chi connectivity index (χ0n) is 9.35. The van der Waals surface area contributed by atoms with E-state index >= 15 is 0 Å². The molecule has 2 amide bonds. The molecule has 2 heterocycles. The molecule has 1 saturated heterocycles. The Kier molecular flexibility index (Phi) is 3.27. The van der Waals surface area contributed by atoms with Gasteiger partial charge in [0.05, 0.1) is 11.9 Å². The molecule has 92 valence electrons. The predicted octanol–water partition coefficient (Wildman–Crippen LogP) is -1.14. The molecule has 0 aromatic carbocycles. The summed E-state index contributed by atoms with van der Waals surface area (Å²) in [6, 6.07) is -0.427. The molecule has 1 fully saturated rings. The van der Waals surface area contributed by atoms with E-state index in [1.807, 2.05) is 0 Å². The summed E-state index contributed by atoms with van der Waals surface area (Å²) in [6.07, 6.45) is 4.60. The maximum Gasteiger partial charge on any atom is 0.242 e. The molecule has 0 saturated carbocycles. The smallest absolute Gasteiger partial charge is 0.242 e. The summed E-state index contributed by atoms with van der Waals surface area (Å²) in [4.78, 5) is 23.1. The van der Waals surface area contributed by atoms with Crippen molar-refractivity contribution in [2.75, 3.05) is 12.3 Å². The number of nitrogens with two attached hydrogens (primary N) is 1. The molecule has 0 spiro atoms. The average molecular weight is 237 g/mol. The molecule has 1 aliphatic rings. The highest BCUT2D eigenvalue weighted by Gasteiger charge is 2.23. The zero-order valence-corrected chi connectivity index (χ0v) is 9.35. The minimum absolute atomic E-state index is 0.0704. The van der Waals surface area contributed by atoms with Gasteiger partial charge in [0.15, 0.2) is 0 Å². The molecule has 17 heavy (non-hydrogen) atoms. The standard InChI is InChI=1S/C10H15N5O2/c11-7-4-13-15(5-7)6-9(16)14-8-2-1-3-12-10(8)17/h4-5,8H,1-3,6,11H2,(H,12,17)(H,14,16). The second-order valence-electron chi connectivity index (χ2n) is 4.02. The minimum Gasteiger partial charge on any atom is -0.396 e. The quantitative estimate of drug-likeness (QED) is 0.618. The number of rotatable bonds is 3. The van der Waals surface area contributed by atoms with Gasteiger partial charge in [-0.15, -0.1) is 0 Å². The molecule has 4 N–H and O–H groups in total. The average Bonchev–Trinajstić information content (AvgIpc) is 2.67. The molecule has 1 aromatic rings. The van der Waals surface area contributed by atoms with E-state index in [0.717, 1.165) is 6.42 Å². The largest absolute Gasteiger partial charge is 0.396 e. The zero-order chi connectivity index (χ0) is 12.3. The molecule has 7 heteroatoms. The maximum absolute atomic E-state index is 11.6. The first-order chi connectivity index (χ1) is 8.15. The molecule has 1 aliphatic heterocycles. The van der Waals surface area contributed by atoms with E-state index in [1.165, 1.54) is 10.9 Å². The Balaban J connectivity index is 1.86. The van der Waals surface area contributed by atoms with Crippen molar-refractivity contribution in [2.24, 2.45) is 0 Å². The summed E-state index contributed by atoms with van der Waals surface area (Å²) in [5.41, 5.74) is 5.99. The van der Waals surface area contributed by atoms with E-state index in [4.69, 9.17) is 5.73 Å². The van der Waals surface area contributed by atoms with Gasteiger partial charge in [0, 0.05) is 12.7 Å². The van der Waals surface area contributed by atoms with Crippen molar-refractivity contribution in [3.8, 4) is 0 Å². The first kappa shape index (κ1) is 11.4. The third-order valence-electron chi connectivity index (χ3n) is 2.58. The first-order valence-corrected chi connectivity index (χ1v) is 5.50. The molecule has 7 nitrogen and oxygen atoms in total. The SMILES string of the molecule is Nc1cnn(CC(=O)NC2CCCNC2=O)c1. The number of carbonyl (C=O) groups is 2. The Morgan fingerprint density at radius 2 is 2.53 bits per heavy atom. The van der Waals surface area contributed by atoms with E-state index in [1.54, 1.807) is 6.20 Å². The van der Waals surface area contributed by atoms with Crippen molar-refractivity contribution < 1.29 is 9.59 Å². The van der Waals surface area contributed by atoms with Crippen LogP contribution in [0.15, 0.2) is 12.4 Å². The number of nitrogens with zero attached hydrogens (tertiary/aromatic N) is 2. The number of hydrogen-bond acceptors (Lipinski definition) is 4. The second kappa shape index (κ2) is 4.86. The van der Waals surface area contributed by atoms with Crippen molar-refractivity contribution in [1.82, 2.24) is 20.4 Å². The minimum atomic E-state index is -0.427. The van der Waals surface area contributed by atoms with Crippen LogP contribution in [0.3, 0.4) is 0 Å². The highest BCUT2D eigenvalue weighted by molar-refractivity contribution is 5.87. The summed E-state index contributed by atoms with van der Waals surface area (Å²) in [5, 5.41) is 9.28. The van der Waals surface area contributed by atoms with Crippen molar-refractivity contribution in [1.29, 1.82) is 0 Å². The molecule has 0 aliphatic carbocycles. The Bertz CT molecular complexity index is 428. The lowest BCUT2D eigenvalue weighted by Crippen LogP contribution is -2.50. The van der Waals surface area contributed by atoms with Crippen LogP contribution in [0.25, 0.3) is 0 Å². The lowest BCUT2D eigenvalue weighted by Gasteiger charge is -2.22. The Labute approximate surface area is 98.4 Å². The monoisotopic (exact) mass is 237 g/mol. The van der Waals surface area contributed by atoms with Crippen LogP contribution in [0.1, 0.15) is 12.8 Å².